The van der Waals surface area contributed by atoms with Crippen LogP contribution in [-0.2, 0) is 14.2 Å². The summed E-state index contributed by atoms with van der Waals surface area (Å²) in [5, 5.41) is 9.11. The minimum Gasteiger partial charge on any atom is -0.505 e. The Morgan fingerprint density at radius 3 is 1.72 bits per heavy atom. The van der Waals surface area contributed by atoms with Crippen molar-refractivity contribution < 1.29 is 103 Å². The van der Waals surface area contributed by atoms with E-state index in [-0.39, 0.29) is 0 Å². The van der Waals surface area contributed by atoms with Gasteiger partial charge in [-0.05, 0) is 12.1 Å². The largest absolute Gasteiger partial charge is 0.505 e. The highest BCUT2D eigenvalue weighted by atomic mass is 19.4. The summed E-state index contributed by atoms with van der Waals surface area (Å²) in [6.45, 7) is -5.69. The first kappa shape index (κ1) is 38.7. The van der Waals surface area contributed by atoms with Gasteiger partial charge in [-0.1, -0.05) is 0 Å². The van der Waals surface area contributed by atoms with Crippen molar-refractivity contribution >= 4 is 0 Å². The molecule has 0 bridgehead atoms. The third-order valence-electron chi connectivity index (χ3n) is 4.90. The number of alkyl halides is 16. The fraction of sp³-hybridized carbons (Fsp3) is 0.524. The average Bonchev–Trinajstić information content (AvgIpc) is 2.88. The highest BCUT2D eigenvalue weighted by Gasteiger charge is 2.85. The molecule has 0 amide bonds. The van der Waals surface area contributed by atoms with Gasteiger partial charge in [-0.2, -0.15) is 70.2 Å². The molecule has 2 aromatic rings. The van der Waals surface area contributed by atoms with E-state index in [1.54, 1.807) is 0 Å². The molecule has 1 N–H and O–H groups in total. The highest BCUT2D eigenvalue weighted by Crippen LogP contribution is 2.56. The van der Waals surface area contributed by atoms with Crippen LogP contribution in [0.5, 0.6) is 11.5 Å². The van der Waals surface area contributed by atoms with E-state index in [1.165, 1.54) is 4.74 Å². The molecule has 2 rings (SSSR count). The van der Waals surface area contributed by atoms with Gasteiger partial charge in [0.05, 0.1) is 24.6 Å². The van der Waals surface area contributed by atoms with Gasteiger partial charge in [0.1, 0.15) is 13.2 Å². The Labute approximate surface area is 241 Å². The molecular formula is C21H12F18N2O5. The minimum atomic E-state index is -8.01. The number of hydrogen-bond acceptors (Lipinski definition) is 7. The molecule has 0 radical (unpaired) electrons. The molecule has 1 unspecified atom stereocenters. The first-order valence-electron chi connectivity index (χ1n) is 11.2. The molecule has 0 spiro atoms. The first-order chi connectivity index (χ1) is 20.6. The molecule has 1 heterocycles. The Balaban J connectivity index is 1.99. The molecule has 1 atom stereocenters. The van der Waals surface area contributed by atoms with Crippen molar-refractivity contribution in [1.29, 1.82) is 0 Å². The standard InChI is InChI=1S/C21H12F18N2O5/c22-8(6-44-11-2-1-10(12(23)13(11)24)14-40-3-9(42)4-41-14)5-43-7-15(25,26)45-20(36,37)21(38,39)46-19(34,35)17(29,30)16(27,28)18(31,32)33/h1-4,8,42H,5-7H2. The first-order valence-corrected chi connectivity index (χ1v) is 11.2. The third kappa shape index (κ3) is 8.26. The molecule has 0 aliphatic rings. The van der Waals surface area contributed by atoms with Crippen LogP contribution in [0, 0.1) is 11.6 Å². The van der Waals surface area contributed by atoms with E-state index in [1.807, 2.05) is 0 Å². The van der Waals surface area contributed by atoms with Crippen molar-refractivity contribution in [2.24, 2.45) is 0 Å². The molecular weight excluding hydrogens is 702 g/mol. The lowest BCUT2D eigenvalue weighted by molar-refractivity contribution is -0.543. The van der Waals surface area contributed by atoms with Crippen LogP contribution in [0.2, 0.25) is 0 Å². The Hall–Kier alpha value is -3.48. The van der Waals surface area contributed by atoms with Crippen molar-refractivity contribution in [3.8, 4) is 22.9 Å². The molecule has 0 aliphatic carbocycles. The molecule has 0 saturated carbocycles. The number of aromatic nitrogens is 2. The second-order valence-corrected chi connectivity index (χ2v) is 8.47. The summed E-state index contributed by atoms with van der Waals surface area (Å²) in [5.74, 6) is -21.2. The summed E-state index contributed by atoms with van der Waals surface area (Å²) in [6, 6.07) is 1.52. The van der Waals surface area contributed by atoms with Gasteiger partial charge in [0.15, 0.2) is 29.3 Å². The molecule has 262 valence electrons. The summed E-state index contributed by atoms with van der Waals surface area (Å²) in [5.41, 5.74) is -0.573. The minimum absolute atomic E-state index is 0.426. The maximum absolute atomic E-state index is 14.3. The fourth-order valence-electron chi connectivity index (χ4n) is 2.73. The number of halogens is 18. The van der Waals surface area contributed by atoms with E-state index in [0.29, 0.717) is 6.07 Å². The Morgan fingerprint density at radius 2 is 1.20 bits per heavy atom. The highest BCUT2D eigenvalue weighted by molar-refractivity contribution is 5.57. The van der Waals surface area contributed by atoms with E-state index in [4.69, 9.17) is 5.11 Å². The average molecular weight is 714 g/mol. The van der Waals surface area contributed by atoms with E-state index in [9.17, 15) is 79.0 Å². The summed E-state index contributed by atoms with van der Waals surface area (Å²) < 4.78 is 249. The van der Waals surface area contributed by atoms with Gasteiger partial charge in [-0.3, -0.25) is 0 Å². The number of benzene rings is 1. The molecule has 1 aromatic heterocycles. The molecule has 1 aromatic carbocycles. The van der Waals surface area contributed by atoms with Crippen molar-refractivity contribution in [2.75, 3.05) is 19.8 Å². The van der Waals surface area contributed by atoms with Crippen LogP contribution in [0.1, 0.15) is 0 Å². The van der Waals surface area contributed by atoms with Crippen LogP contribution in [0.4, 0.5) is 79.0 Å². The number of aromatic hydroxyl groups is 1. The smallest absolute Gasteiger partial charge is 0.460 e. The van der Waals surface area contributed by atoms with Gasteiger partial charge in [-0.15, -0.1) is 0 Å². The van der Waals surface area contributed by atoms with E-state index in [2.05, 4.69) is 24.2 Å². The lowest BCUT2D eigenvalue weighted by atomic mass is 10.1. The molecule has 25 heteroatoms. The molecule has 7 nitrogen and oxygen atoms in total. The van der Waals surface area contributed by atoms with Gasteiger partial charge in [0.25, 0.3) is 0 Å². The molecule has 46 heavy (non-hydrogen) atoms. The van der Waals surface area contributed by atoms with Gasteiger partial charge in [0, 0.05) is 0 Å². The van der Waals surface area contributed by atoms with Crippen molar-refractivity contribution in [1.82, 2.24) is 9.97 Å². The summed E-state index contributed by atoms with van der Waals surface area (Å²) in [6.07, 6.45) is -36.8. The van der Waals surface area contributed by atoms with Crippen molar-refractivity contribution in [3.63, 3.8) is 0 Å². The predicted molar refractivity (Wildman–Crippen MR) is 108 cm³/mol. The Morgan fingerprint density at radius 1 is 0.674 bits per heavy atom. The third-order valence-corrected chi connectivity index (χ3v) is 4.90. The zero-order valence-corrected chi connectivity index (χ0v) is 21.3. The van der Waals surface area contributed by atoms with Crippen LogP contribution in [0.3, 0.4) is 0 Å². The number of rotatable bonds is 15. The van der Waals surface area contributed by atoms with Gasteiger partial charge >= 0.3 is 42.5 Å². The van der Waals surface area contributed by atoms with Crippen LogP contribution in [0.25, 0.3) is 11.4 Å². The predicted octanol–water partition coefficient (Wildman–Crippen LogP) is 7.10. The Bertz CT molecular complexity index is 1340. The van der Waals surface area contributed by atoms with Crippen LogP contribution in [0.15, 0.2) is 24.5 Å². The number of hydrogen-bond donors (Lipinski definition) is 1. The SMILES string of the molecule is Oc1cnc(-c2ccc(OCC(F)COCC(F)(F)OC(F)(F)C(F)(F)OC(F)(F)C(F)(F)C(F)(F)C(F)(F)F)c(F)c2F)nc1. The van der Waals surface area contributed by atoms with Gasteiger partial charge in [-0.25, -0.2) is 28.2 Å². The van der Waals surface area contributed by atoms with Gasteiger partial charge in [0.2, 0.25) is 5.82 Å². The lowest BCUT2D eigenvalue weighted by Crippen LogP contribution is -2.64. The fourth-order valence-corrected chi connectivity index (χ4v) is 2.73. The molecule has 0 fully saturated rings. The van der Waals surface area contributed by atoms with Gasteiger partial charge < -0.3 is 14.6 Å². The second kappa shape index (κ2) is 13.0. The van der Waals surface area contributed by atoms with Crippen molar-refractivity contribution in [2.45, 2.75) is 48.6 Å². The second-order valence-electron chi connectivity index (χ2n) is 8.47. The lowest BCUT2D eigenvalue weighted by Gasteiger charge is -2.36. The Kier molecular flexibility index (Phi) is 10.9. The summed E-state index contributed by atoms with van der Waals surface area (Å²) in [7, 11) is 0. The number of nitrogens with zero attached hydrogens (tertiary/aromatic N) is 2. The molecule has 0 saturated heterocycles. The summed E-state index contributed by atoms with van der Waals surface area (Å²) in [4.78, 5) is 7.01. The monoisotopic (exact) mass is 714 g/mol. The van der Waals surface area contributed by atoms with Crippen LogP contribution < -0.4 is 4.74 Å². The van der Waals surface area contributed by atoms with E-state index < -0.39 is 103 Å². The topological polar surface area (TPSA) is 82.9 Å². The normalized spacial score (nSPS) is 14.8. The van der Waals surface area contributed by atoms with Crippen LogP contribution in [-0.4, -0.2) is 83.5 Å². The summed E-state index contributed by atoms with van der Waals surface area (Å²) >= 11 is 0. The quantitative estimate of drug-likeness (QED) is 0.197. The maximum Gasteiger partial charge on any atom is 0.460 e. The molecule has 0 aliphatic heterocycles. The zero-order chi connectivity index (χ0) is 35.7. The maximum atomic E-state index is 14.3. The zero-order valence-electron chi connectivity index (χ0n) is 21.3. The number of ether oxygens (including phenoxy) is 4. The van der Waals surface area contributed by atoms with E-state index in [0.717, 1.165) is 18.5 Å². The van der Waals surface area contributed by atoms with Crippen LogP contribution >= 0.6 is 0 Å². The van der Waals surface area contributed by atoms with E-state index >= 15 is 0 Å². The van der Waals surface area contributed by atoms with Crippen molar-refractivity contribution in [3.05, 3.63) is 36.2 Å².